The molecular formula is C18H26N2O5S. The number of carbonyl (C=O) groups excluding carboxylic acids is 2. The quantitative estimate of drug-likeness (QED) is 0.841. The second kappa shape index (κ2) is 8.07. The highest BCUT2D eigenvalue weighted by atomic mass is 32.2. The summed E-state index contributed by atoms with van der Waals surface area (Å²) in [5.74, 6) is 1.85. The minimum atomic E-state index is -0.509. The van der Waals surface area contributed by atoms with Gasteiger partial charge in [0.1, 0.15) is 6.04 Å². The number of thioether (sulfide) groups is 1. The van der Waals surface area contributed by atoms with Gasteiger partial charge in [0.2, 0.25) is 11.7 Å². The molecule has 1 atom stereocenters. The van der Waals surface area contributed by atoms with Crippen LogP contribution in [0.4, 0.5) is 0 Å². The van der Waals surface area contributed by atoms with Crippen molar-refractivity contribution in [3.8, 4) is 17.2 Å². The molecule has 1 unspecified atom stereocenters. The van der Waals surface area contributed by atoms with E-state index >= 15 is 0 Å². The monoisotopic (exact) mass is 382 g/mol. The molecule has 1 saturated heterocycles. The van der Waals surface area contributed by atoms with E-state index < -0.39 is 6.04 Å². The molecule has 1 aliphatic heterocycles. The number of ether oxygens (including phenoxy) is 3. The van der Waals surface area contributed by atoms with Crippen molar-refractivity contribution in [3.63, 3.8) is 0 Å². The van der Waals surface area contributed by atoms with Crippen LogP contribution in [0.25, 0.3) is 0 Å². The van der Waals surface area contributed by atoms with Gasteiger partial charge in [-0.05, 0) is 32.9 Å². The second-order valence-corrected chi connectivity index (χ2v) is 7.94. The van der Waals surface area contributed by atoms with Gasteiger partial charge in [0.05, 0.1) is 27.2 Å². The lowest BCUT2D eigenvalue weighted by Gasteiger charge is -2.28. The average Bonchev–Trinajstić information content (AvgIpc) is 3.08. The lowest BCUT2D eigenvalue weighted by molar-refractivity contribution is -0.125. The van der Waals surface area contributed by atoms with Gasteiger partial charge in [0.15, 0.2) is 11.5 Å². The Hall–Kier alpha value is -2.09. The van der Waals surface area contributed by atoms with Crippen LogP contribution >= 0.6 is 11.8 Å². The number of amides is 2. The van der Waals surface area contributed by atoms with Crippen LogP contribution in [0.3, 0.4) is 0 Å². The Balaban J connectivity index is 2.31. The zero-order valence-corrected chi connectivity index (χ0v) is 16.9. The number of rotatable bonds is 5. The van der Waals surface area contributed by atoms with Gasteiger partial charge in [-0.2, -0.15) is 0 Å². The largest absolute Gasteiger partial charge is 0.493 e. The normalized spacial score (nSPS) is 17.0. The number of benzene rings is 1. The van der Waals surface area contributed by atoms with E-state index in [-0.39, 0.29) is 17.4 Å². The number of hydrogen-bond acceptors (Lipinski definition) is 6. The molecular weight excluding hydrogens is 356 g/mol. The maximum Gasteiger partial charge on any atom is 0.255 e. The molecule has 8 heteroatoms. The van der Waals surface area contributed by atoms with Gasteiger partial charge in [0, 0.05) is 16.9 Å². The van der Waals surface area contributed by atoms with E-state index in [2.05, 4.69) is 5.32 Å². The van der Waals surface area contributed by atoms with Gasteiger partial charge in [-0.1, -0.05) is 0 Å². The number of carbonyl (C=O) groups is 2. The van der Waals surface area contributed by atoms with Crippen LogP contribution in [0.1, 0.15) is 31.1 Å². The second-order valence-electron chi connectivity index (χ2n) is 6.94. The Morgan fingerprint density at radius 1 is 1.12 bits per heavy atom. The fourth-order valence-corrected chi connectivity index (χ4v) is 3.84. The predicted molar refractivity (Wildman–Crippen MR) is 101 cm³/mol. The van der Waals surface area contributed by atoms with Crippen molar-refractivity contribution >= 4 is 23.6 Å². The van der Waals surface area contributed by atoms with Gasteiger partial charge < -0.3 is 24.4 Å². The van der Waals surface area contributed by atoms with Gasteiger partial charge in [0.25, 0.3) is 5.91 Å². The molecule has 1 fully saturated rings. The Labute approximate surface area is 158 Å². The SMILES string of the molecule is COc1cc(C(=O)N2CSCC2C(=O)NC(C)(C)C)cc(OC)c1OC. The lowest BCUT2D eigenvalue weighted by Crippen LogP contribution is -2.52. The van der Waals surface area contributed by atoms with Gasteiger partial charge >= 0.3 is 0 Å². The molecule has 0 spiro atoms. The summed E-state index contributed by atoms with van der Waals surface area (Å²) < 4.78 is 15.9. The van der Waals surface area contributed by atoms with Crippen molar-refractivity contribution in [1.29, 1.82) is 0 Å². The molecule has 0 saturated carbocycles. The van der Waals surface area contributed by atoms with Gasteiger partial charge in [-0.3, -0.25) is 9.59 Å². The Morgan fingerprint density at radius 2 is 1.69 bits per heavy atom. The van der Waals surface area contributed by atoms with Crippen LogP contribution < -0.4 is 19.5 Å². The fraction of sp³-hybridized carbons (Fsp3) is 0.556. The number of nitrogens with zero attached hydrogens (tertiary/aromatic N) is 1. The summed E-state index contributed by atoms with van der Waals surface area (Å²) in [6.45, 7) is 5.75. The van der Waals surface area contributed by atoms with Gasteiger partial charge in [-0.25, -0.2) is 0 Å². The third-order valence-corrected chi connectivity index (χ3v) is 4.87. The van der Waals surface area contributed by atoms with Crippen molar-refractivity contribution in [1.82, 2.24) is 10.2 Å². The number of nitrogens with one attached hydrogen (secondary N) is 1. The first-order chi connectivity index (χ1) is 12.2. The minimum Gasteiger partial charge on any atom is -0.493 e. The van der Waals surface area contributed by atoms with Crippen LogP contribution in [0.15, 0.2) is 12.1 Å². The van der Waals surface area contributed by atoms with E-state index in [0.29, 0.717) is 34.4 Å². The van der Waals surface area contributed by atoms with E-state index in [1.54, 1.807) is 28.8 Å². The van der Waals surface area contributed by atoms with Crippen LogP contribution in [0.2, 0.25) is 0 Å². The van der Waals surface area contributed by atoms with Crippen molar-refractivity contribution in [2.45, 2.75) is 32.4 Å². The molecule has 0 aromatic heterocycles. The lowest BCUT2D eigenvalue weighted by atomic mass is 10.1. The van der Waals surface area contributed by atoms with Crippen LogP contribution in [-0.2, 0) is 4.79 Å². The molecule has 1 N–H and O–H groups in total. The summed E-state index contributed by atoms with van der Waals surface area (Å²) in [4.78, 5) is 27.2. The highest BCUT2D eigenvalue weighted by Crippen LogP contribution is 2.39. The van der Waals surface area contributed by atoms with Crippen molar-refractivity contribution < 1.29 is 23.8 Å². The first-order valence-corrected chi connectivity index (χ1v) is 9.38. The third-order valence-electron chi connectivity index (χ3n) is 3.86. The van der Waals surface area contributed by atoms with Crippen LogP contribution in [-0.4, -0.2) is 61.3 Å². The molecule has 0 bridgehead atoms. The third kappa shape index (κ3) is 4.35. The average molecular weight is 382 g/mol. The summed E-state index contributed by atoms with van der Waals surface area (Å²) in [6, 6.07) is 2.70. The first-order valence-electron chi connectivity index (χ1n) is 8.22. The molecule has 1 aromatic carbocycles. The predicted octanol–water partition coefficient (Wildman–Crippen LogP) is 2.14. The molecule has 1 aromatic rings. The number of hydrogen-bond donors (Lipinski definition) is 1. The summed E-state index contributed by atoms with van der Waals surface area (Å²) >= 11 is 1.55. The first kappa shape index (κ1) is 20.2. The van der Waals surface area contributed by atoms with E-state index in [1.807, 2.05) is 20.8 Å². The Bertz CT molecular complexity index is 662. The molecule has 2 amide bonds. The van der Waals surface area contributed by atoms with E-state index in [1.165, 1.54) is 21.3 Å². The van der Waals surface area contributed by atoms with Crippen molar-refractivity contribution in [2.75, 3.05) is 33.0 Å². The topological polar surface area (TPSA) is 77.1 Å². The highest BCUT2D eigenvalue weighted by Gasteiger charge is 2.36. The minimum absolute atomic E-state index is 0.150. The summed E-state index contributed by atoms with van der Waals surface area (Å²) in [5, 5.41) is 2.95. The molecule has 1 aliphatic rings. The Kier molecular flexibility index (Phi) is 6.28. The maximum atomic E-state index is 13.0. The standard InChI is InChI=1S/C18H26N2O5S/c1-18(2,3)19-16(21)12-9-26-10-20(12)17(22)11-7-13(23-4)15(25-6)14(8-11)24-5/h7-8,12H,9-10H2,1-6H3,(H,19,21). The van der Waals surface area contributed by atoms with Crippen molar-refractivity contribution in [3.05, 3.63) is 17.7 Å². The summed E-state index contributed by atoms with van der Waals surface area (Å²) in [7, 11) is 4.50. The molecule has 26 heavy (non-hydrogen) atoms. The molecule has 0 aliphatic carbocycles. The van der Waals surface area contributed by atoms with Gasteiger partial charge in [-0.15, -0.1) is 11.8 Å². The molecule has 7 nitrogen and oxygen atoms in total. The summed E-state index contributed by atoms with van der Waals surface area (Å²) in [5.41, 5.74) is 0.0292. The Morgan fingerprint density at radius 3 is 2.15 bits per heavy atom. The zero-order chi connectivity index (χ0) is 19.5. The van der Waals surface area contributed by atoms with Crippen molar-refractivity contribution in [2.24, 2.45) is 0 Å². The van der Waals surface area contributed by atoms with E-state index in [0.717, 1.165) is 0 Å². The zero-order valence-electron chi connectivity index (χ0n) is 16.0. The maximum absolute atomic E-state index is 13.0. The molecule has 0 radical (unpaired) electrons. The molecule has 1 heterocycles. The van der Waals surface area contributed by atoms with E-state index in [9.17, 15) is 9.59 Å². The smallest absolute Gasteiger partial charge is 0.255 e. The summed E-state index contributed by atoms with van der Waals surface area (Å²) in [6.07, 6.45) is 0. The highest BCUT2D eigenvalue weighted by molar-refractivity contribution is 7.99. The van der Waals surface area contributed by atoms with E-state index in [4.69, 9.17) is 14.2 Å². The molecule has 144 valence electrons. The number of methoxy groups -OCH3 is 3. The van der Waals surface area contributed by atoms with Crippen LogP contribution in [0, 0.1) is 0 Å². The molecule has 2 rings (SSSR count). The van der Waals surface area contributed by atoms with Crippen LogP contribution in [0.5, 0.6) is 17.2 Å². The fourth-order valence-electron chi connectivity index (χ4n) is 2.68.